The van der Waals surface area contributed by atoms with Gasteiger partial charge in [0.25, 0.3) is 5.69 Å². The van der Waals surface area contributed by atoms with E-state index < -0.39 is 23.0 Å². The third-order valence-corrected chi connectivity index (χ3v) is 3.08. The molecule has 8 nitrogen and oxygen atoms in total. The number of non-ortho nitro benzene ring substituents is 1. The third-order valence-electron chi connectivity index (χ3n) is 3.08. The minimum Gasteiger partial charge on any atom is -0.480 e. The maximum Gasteiger partial charge on any atom is 0.326 e. The first-order valence-electron chi connectivity index (χ1n) is 6.40. The van der Waals surface area contributed by atoms with E-state index in [1.54, 1.807) is 6.92 Å². The second-order valence-electron chi connectivity index (χ2n) is 4.61. The Kier molecular flexibility index (Phi) is 5.65. The lowest BCUT2D eigenvalue weighted by molar-refractivity contribution is -0.384. The molecule has 0 aliphatic heterocycles. The number of benzene rings is 1. The van der Waals surface area contributed by atoms with E-state index in [2.05, 4.69) is 10.6 Å². The lowest BCUT2D eigenvalue weighted by atomic mass is 9.99. The number of hydrogen-bond acceptors (Lipinski definition) is 4. The smallest absolute Gasteiger partial charge is 0.326 e. The van der Waals surface area contributed by atoms with Crippen LogP contribution in [0.5, 0.6) is 0 Å². The van der Waals surface area contributed by atoms with E-state index in [9.17, 15) is 19.7 Å². The van der Waals surface area contributed by atoms with E-state index in [1.165, 1.54) is 24.3 Å². The number of nitro benzene ring substituents is 1. The first-order valence-corrected chi connectivity index (χ1v) is 6.40. The van der Waals surface area contributed by atoms with Crippen LogP contribution >= 0.6 is 0 Å². The Balaban J connectivity index is 2.74. The molecule has 0 fully saturated rings. The van der Waals surface area contributed by atoms with Gasteiger partial charge in [-0.25, -0.2) is 9.59 Å². The number of carbonyl (C=O) groups excluding carboxylic acids is 1. The number of hydrogen-bond donors (Lipinski definition) is 3. The van der Waals surface area contributed by atoms with Gasteiger partial charge in [0.2, 0.25) is 0 Å². The minimum atomic E-state index is -1.13. The standard InChI is InChI=1S/C13H17N3O5/c1-3-8(2)11(12(17)18)15-13(19)14-9-5-4-6-10(7-9)16(20)21/h4-8,11H,3H2,1-2H3,(H,17,18)(H2,14,15,19)/t8?,11-/m0/s1. The fraction of sp³-hybridized carbons (Fsp3) is 0.385. The number of aliphatic carboxylic acids is 1. The highest BCUT2D eigenvalue weighted by molar-refractivity contribution is 5.92. The van der Waals surface area contributed by atoms with Crippen LogP contribution in [0.2, 0.25) is 0 Å². The Bertz CT molecular complexity index is 546. The molecule has 3 N–H and O–H groups in total. The SMILES string of the molecule is CCC(C)[C@H](NC(=O)Nc1cccc([N+](=O)[O-])c1)C(=O)O. The molecule has 2 amide bonds. The summed E-state index contributed by atoms with van der Waals surface area (Å²) in [6.45, 7) is 3.53. The maximum atomic E-state index is 11.8. The van der Waals surface area contributed by atoms with E-state index in [1.807, 2.05) is 6.92 Å². The van der Waals surface area contributed by atoms with Crippen LogP contribution in [-0.2, 0) is 4.79 Å². The first kappa shape index (κ1) is 16.4. The first-order chi connectivity index (χ1) is 9.85. The molecular weight excluding hydrogens is 278 g/mol. The van der Waals surface area contributed by atoms with E-state index >= 15 is 0 Å². The summed E-state index contributed by atoms with van der Waals surface area (Å²) in [6, 6.07) is 3.65. The van der Waals surface area contributed by atoms with Crippen molar-refractivity contribution in [2.75, 3.05) is 5.32 Å². The largest absolute Gasteiger partial charge is 0.480 e. The molecule has 114 valence electrons. The van der Waals surface area contributed by atoms with Crippen LogP contribution in [-0.4, -0.2) is 28.1 Å². The Morgan fingerprint density at radius 2 is 2.10 bits per heavy atom. The van der Waals surface area contributed by atoms with Crippen molar-refractivity contribution >= 4 is 23.4 Å². The van der Waals surface area contributed by atoms with Gasteiger partial charge >= 0.3 is 12.0 Å². The van der Waals surface area contributed by atoms with E-state index in [-0.39, 0.29) is 17.3 Å². The Labute approximate surface area is 121 Å². The summed E-state index contributed by atoms with van der Waals surface area (Å²) in [5.41, 5.74) is 0.0551. The normalized spacial score (nSPS) is 13.0. The summed E-state index contributed by atoms with van der Waals surface area (Å²) in [5, 5.41) is 24.4. The summed E-state index contributed by atoms with van der Waals surface area (Å²) >= 11 is 0. The van der Waals surface area contributed by atoms with Gasteiger partial charge in [0.15, 0.2) is 0 Å². The Morgan fingerprint density at radius 3 is 2.62 bits per heavy atom. The number of nitrogens with one attached hydrogen (secondary N) is 2. The minimum absolute atomic E-state index is 0.162. The average Bonchev–Trinajstić information content (AvgIpc) is 2.43. The van der Waals surface area contributed by atoms with Gasteiger partial charge in [-0.15, -0.1) is 0 Å². The van der Waals surface area contributed by atoms with Crippen LogP contribution in [0.3, 0.4) is 0 Å². The van der Waals surface area contributed by atoms with E-state index in [0.29, 0.717) is 6.42 Å². The summed E-state index contributed by atoms with van der Waals surface area (Å²) in [4.78, 5) is 32.9. The molecule has 2 atom stereocenters. The fourth-order valence-electron chi connectivity index (χ4n) is 1.69. The fourth-order valence-corrected chi connectivity index (χ4v) is 1.69. The number of rotatable bonds is 6. The number of anilines is 1. The number of amides is 2. The van der Waals surface area contributed by atoms with Gasteiger partial charge in [0, 0.05) is 17.8 Å². The summed E-state index contributed by atoms with van der Waals surface area (Å²) < 4.78 is 0. The molecule has 1 aromatic rings. The molecule has 0 radical (unpaired) electrons. The lowest BCUT2D eigenvalue weighted by Crippen LogP contribution is -2.46. The molecule has 1 unspecified atom stereocenters. The van der Waals surface area contributed by atoms with Crippen molar-refractivity contribution in [1.82, 2.24) is 5.32 Å². The number of urea groups is 1. The van der Waals surface area contributed by atoms with Crippen LogP contribution in [0.25, 0.3) is 0 Å². The second-order valence-corrected chi connectivity index (χ2v) is 4.61. The van der Waals surface area contributed by atoms with Gasteiger partial charge < -0.3 is 15.7 Å². The van der Waals surface area contributed by atoms with Gasteiger partial charge in [0.05, 0.1) is 4.92 Å². The maximum absolute atomic E-state index is 11.8. The van der Waals surface area contributed by atoms with Crippen LogP contribution in [0.15, 0.2) is 24.3 Å². The quantitative estimate of drug-likeness (QED) is 0.548. The monoisotopic (exact) mass is 295 g/mol. The Morgan fingerprint density at radius 1 is 1.43 bits per heavy atom. The molecule has 0 saturated heterocycles. The third kappa shape index (κ3) is 4.75. The van der Waals surface area contributed by atoms with E-state index in [0.717, 1.165) is 0 Å². The summed E-state index contributed by atoms with van der Waals surface area (Å²) in [6.07, 6.45) is 0.591. The molecule has 0 aromatic heterocycles. The van der Waals surface area contributed by atoms with Crippen molar-refractivity contribution in [2.45, 2.75) is 26.3 Å². The topological polar surface area (TPSA) is 122 Å². The number of carboxylic acid groups (broad SMARTS) is 1. The predicted molar refractivity (Wildman–Crippen MR) is 76.1 cm³/mol. The molecule has 0 bridgehead atoms. The molecule has 21 heavy (non-hydrogen) atoms. The van der Waals surface area contributed by atoms with Crippen LogP contribution < -0.4 is 10.6 Å². The molecule has 0 heterocycles. The van der Waals surface area contributed by atoms with Gasteiger partial charge in [-0.05, 0) is 12.0 Å². The molecule has 0 aliphatic carbocycles. The zero-order chi connectivity index (χ0) is 16.0. The van der Waals surface area contributed by atoms with Gasteiger partial charge in [-0.3, -0.25) is 10.1 Å². The molecule has 1 aromatic carbocycles. The predicted octanol–water partition coefficient (Wildman–Crippen LogP) is 2.22. The number of carbonyl (C=O) groups is 2. The molecule has 0 spiro atoms. The van der Waals surface area contributed by atoms with Crippen LogP contribution in [0.4, 0.5) is 16.2 Å². The number of nitrogens with zero attached hydrogens (tertiary/aromatic N) is 1. The highest BCUT2D eigenvalue weighted by Crippen LogP contribution is 2.17. The molecule has 1 rings (SSSR count). The molecule has 0 aliphatic rings. The van der Waals surface area contributed by atoms with Crippen LogP contribution in [0, 0.1) is 16.0 Å². The average molecular weight is 295 g/mol. The summed E-state index contributed by atoms with van der Waals surface area (Å²) in [7, 11) is 0. The van der Waals surface area contributed by atoms with Gasteiger partial charge in [-0.2, -0.15) is 0 Å². The molecular formula is C13H17N3O5. The van der Waals surface area contributed by atoms with Gasteiger partial charge in [-0.1, -0.05) is 26.3 Å². The number of carboxylic acids is 1. The van der Waals surface area contributed by atoms with E-state index in [4.69, 9.17) is 5.11 Å². The number of nitro groups is 1. The highest BCUT2D eigenvalue weighted by atomic mass is 16.6. The van der Waals surface area contributed by atoms with Crippen LogP contribution in [0.1, 0.15) is 20.3 Å². The van der Waals surface area contributed by atoms with Crippen molar-refractivity contribution in [3.8, 4) is 0 Å². The molecule has 0 saturated carbocycles. The second kappa shape index (κ2) is 7.22. The van der Waals surface area contributed by atoms with Crippen molar-refractivity contribution in [1.29, 1.82) is 0 Å². The van der Waals surface area contributed by atoms with Crippen molar-refractivity contribution < 1.29 is 19.6 Å². The molecule has 8 heteroatoms. The Hall–Kier alpha value is -2.64. The zero-order valence-corrected chi connectivity index (χ0v) is 11.7. The lowest BCUT2D eigenvalue weighted by Gasteiger charge is -2.20. The van der Waals surface area contributed by atoms with Gasteiger partial charge in [0.1, 0.15) is 6.04 Å². The highest BCUT2D eigenvalue weighted by Gasteiger charge is 2.25. The van der Waals surface area contributed by atoms with Crippen molar-refractivity contribution in [3.05, 3.63) is 34.4 Å². The van der Waals surface area contributed by atoms with Crippen molar-refractivity contribution in [3.63, 3.8) is 0 Å². The van der Waals surface area contributed by atoms with Crippen molar-refractivity contribution in [2.24, 2.45) is 5.92 Å². The summed E-state index contributed by atoms with van der Waals surface area (Å²) in [5.74, 6) is -1.36. The zero-order valence-electron chi connectivity index (χ0n) is 11.7.